The number of rotatable bonds is 10. The van der Waals surface area contributed by atoms with E-state index in [0.29, 0.717) is 30.3 Å². The Morgan fingerprint density at radius 2 is 1.43 bits per heavy atom. The van der Waals surface area contributed by atoms with Crippen LogP contribution in [-0.2, 0) is 9.59 Å². The molecule has 1 aromatic carbocycles. The number of nitrogens with zero attached hydrogens (tertiary/aromatic N) is 1. The summed E-state index contributed by atoms with van der Waals surface area (Å²) < 4.78 is 15.7. The van der Waals surface area contributed by atoms with Crippen molar-refractivity contribution in [3.8, 4) is 17.2 Å². The van der Waals surface area contributed by atoms with E-state index in [1.165, 1.54) is 33.5 Å². The maximum atomic E-state index is 12.5. The van der Waals surface area contributed by atoms with Crippen LogP contribution in [0.3, 0.4) is 0 Å². The van der Waals surface area contributed by atoms with Crippen molar-refractivity contribution < 1.29 is 28.6 Å². The molecule has 9 heteroatoms. The second-order valence-corrected chi connectivity index (χ2v) is 7.50. The van der Waals surface area contributed by atoms with Crippen LogP contribution < -0.4 is 25.1 Å². The fourth-order valence-corrected chi connectivity index (χ4v) is 3.05. The van der Waals surface area contributed by atoms with Gasteiger partial charge in [0.2, 0.25) is 17.6 Å². The summed E-state index contributed by atoms with van der Waals surface area (Å²) in [6.45, 7) is 8.77. The number of carbonyl (C=O) groups excluding carboxylic acids is 3. The number of methoxy groups -OCH3 is 3. The Hall–Kier alpha value is -2.97. The zero-order valence-electron chi connectivity index (χ0n) is 18.9. The molecular formula is C21H33N3O6. The lowest BCUT2D eigenvalue weighted by atomic mass is 9.85. The maximum absolute atomic E-state index is 12.5. The van der Waals surface area contributed by atoms with Gasteiger partial charge in [-0.1, -0.05) is 13.8 Å². The second kappa shape index (κ2) is 11.3. The number of amides is 3. The topological polar surface area (TPSA) is 106 Å². The molecule has 0 saturated heterocycles. The number of hydrazine groups is 1. The molecule has 0 aliphatic heterocycles. The molecule has 0 atom stereocenters. The number of hydrogen-bond acceptors (Lipinski definition) is 6. The normalized spacial score (nSPS) is 10.8. The summed E-state index contributed by atoms with van der Waals surface area (Å²) in [4.78, 5) is 38.8. The Kier molecular flexibility index (Phi) is 9.42. The fourth-order valence-electron chi connectivity index (χ4n) is 3.05. The molecule has 0 saturated carbocycles. The highest BCUT2D eigenvalue weighted by Crippen LogP contribution is 2.38. The highest BCUT2D eigenvalue weighted by Gasteiger charge is 2.27. The number of hydrogen-bond donors (Lipinski definition) is 2. The summed E-state index contributed by atoms with van der Waals surface area (Å²) in [5, 5.41) is 0. The van der Waals surface area contributed by atoms with E-state index in [0.717, 1.165) is 0 Å². The Balaban J connectivity index is 2.74. The van der Waals surface area contributed by atoms with E-state index in [2.05, 4.69) is 10.9 Å². The fraction of sp³-hybridized carbons (Fsp3) is 0.571. The van der Waals surface area contributed by atoms with Gasteiger partial charge < -0.3 is 19.1 Å². The molecule has 168 valence electrons. The molecule has 0 aromatic heterocycles. The molecule has 0 spiro atoms. The van der Waals surface area contributed by atoms with Gasteiger partial charge in [-0.2, -0.15) is 0 Å². The van der Waals surface area contributed by atoms with Gasteiger partial charge in [0.1, 0.15) is 0 Å². The molecule has 1 aromatic rings. The molecule has 3 amide bonds. The summed E-state index contributed by atoms with van der Waals surface area (Å²) in [6.07, 6.45) is 0.318. The number of ether oxygens (including phenoxy) is 3. The van der Waals surface area contributed by atoms with Crippen LogP contribution in [0.15, 0.2) is 12.1 Å². The summed E-state index contributed by atoms with van der Waals surface area (Å²) in [7, 11) is 4.36. The monoisotopic (exact) mass is 423 g/mol. The molecule has 0 radical (unpaired) electrons. The highest BCUT2D eigenvalue weighted by atomic mass is 16.5. The molecule has 0 aliphatic rings. The van der Waals surface area contributed by atoms with Crippen molar-refractivity contribution in [1.82, 2.24) is 15.8 Å². The minimum absolute atomic E-state index is 0.000687. The van der Waals surface area contributed by atoms with Gasteiger partial charge in [-0.3, -0.25) is 25.2 Å². The van der Waals surface area contributed by atoms with Crippen molar-refractivity contribution in [2.45, 2.75) is 40.5 Å². The minimum atomic E-state index is -0.555. The van der Waals surface area contributed by atoms with Crippen molar-refractivity contribution in [3.05, 3.63) is 17.7 Å². The summed E-state index contributed by atoms with van der Waals surface area (Å²) in [6, 6.07) is 2.96. The average molecular weight is 424 g/mol. The lowest BCUT2D eigenvalue weighted by Gasteiger charge is -2.27. The van der Waals surface area contributed by atoms with Crippen molar-refractivity contribution in [2.75, 3.05) is 34.4 Å². The number of benzene rings is 1. The Labute approximate surface area is 178 Å². The van der Waals surface area contributed by atoms with Gasteiger partial charge in [0.05, 0.1) is 21.3 Å². The number of carbonyl (C=O) groups is 3. The van der Waals surface area contributed by atoms with Gasteiger partial charge in [0.25, 0.3) is 5.91 Å². The van der Waals surface area contributed by atoms with Crippen LogP contribution in [0.4, 0.5) is 0 Å². The molecule has 0 fully saturated rings. The van der Waals surface area contributed by atoms with Crippen LogP contribution in [0, 0.1) is 5.41 Å². The summed E-state index contributed by atoms with van der Waals surface area (Å²) in [5.74, 6) is 0.0703. The van der Waals surface area contributed by atoms with E-state index in [4.69, 9.17) is 14.2 Å². The molecule has 9 nitrogen and oxygen atoms in total. The van der Waals surface area contributed by atoms with Gasteiger partial charge >= 0.3 is 0 Å². The predicted molar refractivity (Wildman–Crippen MR) is 113 cm³/mol. The maximum Gasteiger partial charge on any atom is 0.269 e. The zero-order valence-corrected chi connectivity index (χ0v) is 18.9. The predicted octanol–water partition coefficient (Wildman–Crippen LogP) is 2.15. The quantitative estimate of drug-likeness (QED) is 0.559. The Morgan fingerprint density at radius 1 is 0.900 bits per heavy atom. The van der Waals surface area contributed by atoms with E-state index in [1.54, 1.807) is 4.90 Å². The van der Waals surface area contributed by atoms with Gasteiger partial charge in [0.15, 0.2) is 11.5 Å². The van der Waals surface area contributed by atoms with E-state index in [1.807, 2.05) is 27.7 Å². The second-order valence-electron chi connectivity index (χ2n) is 7.50. The van der Waals surface area contributed by atoms with Crippen LogP contribution in [0.1, 0.15) is 50.9 Å². The third-order valence-corrected chi connectivity index (χ3v) is 4.63. The van der Waals surface area contributed by atoms with Gasteiger partial charge in [-0.15, -0.1) is 0 Å². The molecule has 0 unspecified atom stereocenters. The first-order valence-corrected chi connectivity index (χ1v) is 9.79. The zero-order chi connectivity index (χ0) is 22.9. The molecule has 0 aliphatic carbocycles. The SMILES string of the molecule is CCN(CC)C(=O)CC(C)(C)CC(=O)NNC(=O)c1cc(OC)c(OC)c(OC)c1. The van der Waals surface area contributed by atoms with Crippen molar-refractivity contribution in [2.24, 2.45) is 5.41 Å². The van der Waals surface area contributed by atoms with Crippen molar-refractivity contribution in [3.63, 3.8) is 0 Å². The molecule has 2 N–H and O–H groups in total. The third-order valence-electron chi connectivity index (χ3n) is 4.63. The van der Waals surface area contributed by atoms with Crippen molar-refractivity contribution in [1.29, 1.82) is 0 Å². The van der Waals surface area contributed by atoms with Crippen LogP contribution in [0.2, 0.25) is 0 Å². The lowest BCUT2D eigenvalue weighted by Crippen LogP contribution is -2.43. The van der Waals surface area contributed by atoms with E-state index in [-0.39, 0.29) is 24.3 Å². The van der Waals surface area contributed by atoms with Crippen LogP contribution in [0.5, 0.6) is 17.2 Å². The Morgan fingerprint density at radius 3 is 1.87 bits per heavy atom. The van der Waals surface area contributed by atoms with E-state index in [9.17, 15) is 14.4 Å². The first kappa shape index (κ1) is 25.1. The van der Waals surface area contributed by atoms with Gasteiger partial charge in [0, 0.05) is 31.5 Å². The smallest absolute Gasteiger partial charge is 0.269 e. The molecule has 1 rings (SSSR count). The standard InChI is InChI=1S/C21H33N3O6/c1-8-24(9-2)18(26)13-21(3,4)12-17(25)22-23-20(27)14-10-15(28-5)19(30-7)16(11-14)29-6/h10-11H,8-9,12-13H2,1-7H3,(H,22,25)(H,23,27). The molecule has 30 heavy (non-hydrogen) atoms. The molecule has 0 heterocycles. The summed E-state index contributed by atoms with van der Waals surface area (Å²) >= 11 is 0. The summed E-state index contributed by atoms with van der Waals surface area (Å²) in [5.41, 5.74) is 4.44. The van der Waals surface area contributed by atoms with Gasteiger partial charge in [-0.25, -0.2) is 0 Å². The van der Waals surface area contributed by atoms with Gasteiger partial charge in [-0.05, 0) is 31.4 Å². The third kappa shape index (κ3) is 6.82. The molecular weight excluding hydrogens is 390 g/mol. The first-order chi connectivity index (χ1) is 14.1. The van der Waals surface area contributed by atoms with E-state index >= 15 is 0 Å². The van der Waals surface area contributed by atoms with Crippen LogP contribution >= 0.6 is 0 Å². The van der Waals surface area contributed by atoms with Crippen molar-refractivity contribution >= 4 is 17.7 Å². The highest BCUT2D eigenvalue weighted by molar-refractivity contribution is 5.96. The van der Waals surface area contributed by atoms with Crippen LogP contribution in [0.25, 0.3) is 0 Å². The molecule has 0 bridgehead atoms. The largest absolute Gasteiger partial charge is 0.493 e. The Bertz CT molecular complexity index is 734. The van der Waals surface area contributed by atoms with Crippen LogP contribution in [-0.4, -0.2) is 57.0 Å². The number of nitrogens with one attached hydrogen (secondary N) is 2. The lowest BCUT2D eigenvalue weighted by molar-refractivity contribution is -0.133. The minimum Gasteiger partial charge on any atom is -0.493 e. The first-order valence-electron chi connectivity index (χ1n) is 9.79. The average Bonchev–Trinajstić information content (AvgIpc) is 2.70. The van der Waals surface area contributed by atoms with E-state index < -0.39 is 17.2 Å².